The lowest BCUT2D eigenvalue weighted by molar-refractivity contribution is 0.115. The van der Waals surface area contributed by atoms with Crippen molar-refractivity contribution < 1.29 is 9.84 Å². The van der Waals surface area contributed by atoms with E-state index in [1.807, 2.05) is 0 Å². The number of hydrogen-bond acceptors (Lipinski definition) is 2. The second-order valence-corrected chi connectivity index (χ2v) is 3.23. The Hall–Kier alpha value is -0.0800. The van der Waals surface area contributed by atoms with Gasteiger partial charge in [0.05, 0.1) is 0 Å². The van der Waals surface area contributed by atoms with Crippen LogP contribution in [-0.2, 0) is 4.74 Å². The van der Waals surface area contributed by atoms with Gasteiger partial charge in [-0.05, 0) is 25.2 Å². The maximum Gasteiger partial charge on any atom is 0.0468 e. The van der Waals surface area contributed by atoms with Crippen molar-refractivity contribution in [2.75, 3.05) is 19.8 Å². The smallest absolute Gasteiger partial charge is 0.0468 e. The second-order valence-electron chi connectivity index (χ2n) is 3.23. The lowest BCUT2D eigenvalue weighted by Crippen LogP contribution is -2.00. The lowest BCUT2D eigenvalue weighted by Gasteiger charge is -2.05. The largest absolute Gasteiger partial charge is 0.396 e. The summed E-state index contributed by atoms with van der Waals surface area (Å²) in [5.41, 5.74) is 0. The molecular formula is C9H20O2. The van der Waals surface area contributed by atoms with Gasteiger partial charge in [0.15, 0.2) is 0 Å². The average molecular weight is 160 g/mol. The first kappa shape index (κ1) is 10.9. The van der Waals surface area contributed by atoms with Crippen LogP contribution in [-0.4, -0.2) is 24.9 Å². The maximum atomic E-state index is 8.46. The van der Waals surface area contributed by atoms with Crippen molar-refractivity contribution in [2.24, 2.45) is 5.92 Å². The van der Waals surface area contributed by atoms with Gasteiger partial charge >= 0.3 is 0 Å². The highest BCUT2D eigenvalue weighted by Gasteiger charge is 1.93. The minimum absolute atomic E-state index is 0.285. The molecule has 0 fully saturated rings. The third-order valence-electron chi connectivity index (χ3n) is 1.54. The highest BCUT2D eigenvalue weighted by Crippen LogP contribution is 1.99. The number of aliphatic hydroxyl groups is 1. The highest BCUT2D eigenvalue weighted by atomic mass is 16.5. The van der Waals surface area contributed by atoms with Crippen LogP contribution in [0.1, 0.15) is 33.1 Å². The van der Waals surface area contributed by atoms with Crippen LogP contribution in [0.25, 0.3) is 0 Å². The Morgan fingerprint density at radius 3 is 2.45 bits per heavy atom. The Morgan fingerprint density at radius 2 is 1.91 bits per heavy atom. The van der Waals surface area contributed by atoms with Gasteiger partial charge in [-0.2, -0.15) is 0 Å². The van der Waals surface area contributed by atoms with Gasteiger partial charge in [-0.1, -0.05) is 13.8 Å². The zero-order chi connectivity index (χ0) is 8.53. The van der Waals surface area contributed by atoms with Crippen molar-refractivity contribution in [1.82, 2.24) is 0 Å². The predicted molar refractivity (Wildman–Crippen MR) is 46.6 cm³/mol. The quantitative estimate of drug-likeness (QED) is 0.576. The summed E-state index contributed by atoms with van der Waals surface area (Å²) in [4.78, 5) is 0. The SMILES string of the molecule is CC(C)CCOCCCCO. The number of rotatable bonds is 7. The van der Waals surface area contributed by atoms with E-state index >= 15 is 0 Å². The molecule has 0 rings (SSSR count). The van der Waals surface area contributed by atoms with Crippen LogP contribution in [0.3, 0.4) is 0 Å². The van der Waals surface area contributed by atoms with Gasteiger partial charge in [-0.3, -0.25) is 0 Å². The van der Waals surface area contributed by atoms with Crippen molar-refractivity contribution in [3.05, 3.63) is 0 Å². The molecule has 1 N–H and O–H groups in total. The van der Waals surface area contributed by atoms with Crippen LogP contribution in [0.15, 0.2) is 0 Å². The van der Waals surface area contributed by atoms with Crippen molar-refractivity contribution in [1.29, 1.82) is 0 Å². The van der Waals surface area contributed by atoms with Gasteiger partial charge in [-0.15, -0.1) is 0 Å². The molecule has 0 bridgehead atoms. The van der Waals surface area contributed by atoms with E-state index in [2.05, 4.69) is 13.8 Å². The number of ether oxygens (including phenoxy) is 1. The van der Waals surface area contributed by atoms with Gasteiger partial charge in [-0.25, -0.2) is 0 Å². The fraction of sp³-hybridized carbons (Fsp3) is 1.00. The van der Waals surface area contributed by atoms with E-state index in [4.69, 9.17) is 9.84 Å². The Kier molecular flexibility index (Phi) is 7.96. The van der Waals surface area contributed by atoms with E-state index in [1.54, 1.807) is 0 Å². The van der Waals surface area contributed by atoms with Gasteiger partial charge in [0, 0.05) is 19.8 Å². The molecule has 0 unspecified atom stereocenters. The minimum Gasteiger partial charge on any atom is -0.396 e. The summed E-state index contributed by atoms with van der Waals surface area (Å²) in [5, 5.41) is 8.46. The van der Waals surface area contributed by atoms with E-state index in [1.165, 1.54) is 0 Å². The number of aliphatic hydroxyl groups excluding tert-OH is 1. The van der Waals surface area contributed by atoms with Crippen molar-refractivity contribution in [2.45, 2.75) is 33.1 Å². The summed E-state index contributed by atoms with van der Waals surface area (Å²) in [7, 11) is 0. The molecule has 0 atom stereocenters. The Balaban J connectivity index is 2.80. The van der Waals surface area contributed by atoms with E-state index in [9.17, 15) is 0 Å². The molecule has 0 amide bonds. The molecule has 0 aromatic heterocycles. The molecule has 0 heterocycles. The molecule has 0 spiro atoms. The minimum atomic E-state index is 0.285. The molecule has 2 heteroatoms. The molecule has 0 aliphatic heterocycles. The topological polar surface area (TPSA) is 29.5 Å². The third kappa shape index (κ3) is 9.92. The van der Waals surface area contributed by atoms with Gasteiger partial charge in [0.25, 0.3) is 0 Å². The number of unbranched alkanes of at least 4 members (excludes halogenated alkanes) is 1. The Bertz CT molecular complexity index is 72.0. The van der Waals surface area contributed by atoms with Crippen LogP contribution in [0.5, 0.6) is 0 Å². The Morgan fingerprint density at radius 1 is 1.18 bits per heavy atom. The zero-order valence-corrected chi connectivity index (χ0v) is 7.68. The predicted octanol–water partition coefficient (Wildman–Crippen LogP) is 1.82. The average Bonchev–Trinajstić information content (AvgIpc) is 1.96. The summed E-state index contributed by atoms with van der Waals surface area (Å²) in [6.45, 7) is 6.33. The summed E-state index contributed by atoms with van der Waals surface area (Å²) in [6, 6.07) is 0. The molecule has 0 aliphatic rings. The molecule has 2 nitrogen and oxygen atoms in total. The summed E-state index contributed by atoms with van der Waals surface area (Å²) < 4.78 is 5.34. The molecular weight excluding hydrogens is 140 g/mol. The first-order valence-corrected chi connectivity index (χ1v) is 4.46. The summed E-state index contributed by atoms with van der Waals surface area (Å²) in [5.74, 6) is 0.729. The molecule has 0 aromatic rings. The molecule has 0 radical (unpaired) electrons. The zero-order valence-electron chi connectivity index (χ0n) is 7.68. The lowest BCUT2D eigenvalue weighted by atomic mass is 10.1. The molecule has 68 valence electrons. The summed E-state index contributed by atoms with van der Waals surface area (Å²) in [6.07, 6.45) is 2.98. The maximum absolute atomic E-state index is 8.46. The molecule has 0 aromatic carbocycles. The van der Waals surface area contributed by atoms with Crippen LogP contribution in [0.4, 0.5) is 0 Å². The fourth-order valence-corrected chi connectivity index (χ4v) is 0.737. The standard InChI is InChI=1S/C9H20O2/c1-9(2)5-8-11-7-4-3-6-10/h9-10H,3-8H2,1-2H3. The second kappa shape index (κ2) is 8.02. The van der Waals surface area contributed by atoms with E-state index < -0.39 is 0 Å². The van der Waals surface area contributed by atoms with E-state index in [0.717, 1.165) is 38.4 Å². The number of hydrogen-bond donors (Lipinski definition) is 1. The van der Waals surface area contributed by atoms with Crippen LogP contribution >= 0.6 is 0 Å². The van der Waals surface area contributed by atoms with Crippen LogP contribution in [0.2, 0.25) is 0 Å². The van der Waals surface area contributed by atoms with Gasteiger partial charge in [0.2, 0.25) is 0 Å². The monoisotopic (exact) mass is 160 g/mol. The molecule has 11 heavy (non-hydrogen) atoms. The first-order valence-electron chi connectivity index (χ1n) is 4.46. The van der Waals surface area contributed by atoms with Gasteiger partial charge < -0.3 is 9.84 Å². The summed E-state index contributed by atoms with van der Waals surface area (Å²) >= 11 is 0. The normalized spacial score (nSPS) is 10.9. The van der Waals surface area contributed by atoms with E-state index in [-0.39, 0.29) is 6.61 Å². The van der Waals surface area contributed by atoms with Crippen molar-refractivity contribution >= 4 is 0 Å². The van der Waals surface area contributed by atoms with Gasteiger partial charge in [0.1, 0.15) is 0 Å². The van der Waals surface area contributed by atoms with Crippen LogP contribution in [0, 0.1) is 5.92 Å². The fourth-order valence-electron chi connectivity index (χ4n) is 0.737. The third-order valence-corrected chi connectivity index (χ3v) is 1.54. The first-order chi connectivity index (χ1) is 5.27. The van der Waals surface area contributed by atoms with Crippen molar-refractivity contribution in [3.8, 4) is 0 Å². The molecule has 0 aliphatic carbocycles. The van der Waals surface area contributed by atoms with Crippen LogP contribution < -0.4 is 0 Å². The van der Waals surface area contributed by atoms with E-state index in [0.29, 0.717) is 0 Å². The molecule has 0 saturated carbocycles. The van der Waals surface area contributed by atoms with Crippen molar-refractivity contribution in [3.63, 3.8) is 0 Å². The molecule has 0 saturated heterocycles. The Labute approximate surface area is 69.6 Å². The highest BCUT2D eigenvalue weighted by molar-refractivity contribution is 4.43.